The van der Waals surface area contributed by atoms with Gasteiger partial charge in [-0.2, -0.15) is 0 Å². The summed E-state index contributed by atoms with van der Waals surface area (Å²) < 4.78 is 53.2. The number of carbonyl (C=O) groups is 2. The first-order chi connectivity index (χ1) is 16.9. The second kappa shape index (κ2) is 13.3. The Morgan fingerprint density at radius 2 is 1.67 bits per heavy atom. The van der Waals surface area contributed by atoms with E-state index in [2.05, 4.69) is 5.32 Å². The molecule has 1 atom stereocenters. The van der Waals surface area contributed by atoms with Gasteiger partial charge >= 0.3 is 0 Å². The first kappa shape index (κ1) is 29.2. The fraction of sp³-hybridized carbons (Fsp3) is 0.462. The van der Waals surface area contributed by atoms with Crippen molar-refractivity contribution in [2.24, 2.45) is 5.92 Å². The van der Waals surface area contributed by atoms with Gasteiger partial charge in [0.25, 0.3) is 0 Å². The van der Waals surface area contributed by atoms with Crippen LogP contribution >= 0.6 is 0 Å². The minimum Gasteiger partial charge on any atom is -0.354 e. The maximum absolute atomic E-state index is 14.3. The molecule has 2 aromatic rings. The summed E-state index contributed by atoms with van der Waals surface area (Å²) in [6.07, 6.45) is 1.40. The molecule has 0 aliphatic rings. The van der Waals surface area contributed by atoms with E-state index in [1.165, 1.54) is 41.3 Å². The highest BCUT2D eigenvalue weighted by atomic mass is 32.2. The topological polar surface area (TPSA) is 86.8 Å². The minimum absolute atomic E-state index is 0.0599. The standard InChI is InChI=1S/C26H35F2N3O4S/c1-5-23(26(33)29-17-19(2)3)30(18-20-12-14-21(27)15-13-20)25(32)11-8-16-31(36(4,34)35)24-10-7-6-9-22(24)28/h6-7,9-10,12-15,19,23H,5,8,11,16-18H2,1-4H3,(H,29,33)/t23-/m1/s1. The Kier molecular flexibility index (Phi) is 10.8. The first-order valence-corrected chi connectivity index (χ1v) is 13.8. The van der Waals surface area contributed by atoms with Crippen molar-refractivity contribution in [1.82, 2.24) is 10.2 Å². The number of nitrogens with zero attached hydrogens (tertiary/aromatic N) is 2. The summed E-state index contributed by atoms with van der Waals surface area (Å²) in [5.41, 5.74) is 0.569. The van der Waals surface area contributed by atoms with Crippen molar-refractivity contribution in [2.45, 2.75) is 52.6 Å². The van der Waals surface area contributed by atoms with Gasteiger partial charge in [0.1, 0.15) is 17.7 Å². The van der Waals surface area contributed by atoms with Crippen LogP contribution in [-0.4, -0.2) is 50.5 Å². The molecule has 7 nitrogen and oxygen atoms in total. The Bertz CT molecular complexity index is 1120. The van der Waals surface area contributed by atoms with Gasteiger partial charge in [0, 0.05) is 26.1 Å². The summed E-state index contributed by atoms with van der Waals surface area (Å²) in [7, 11) is -3.79. The van der Waals surface area contributed by atoms with E-state index in [1.807, 2.05) is 13.8 Å². The van der Waals surface area contributed by atoms with Gasteiger partial charge in [-0.15, -0.1) is 0 Å². The molecule has 1 N–H and O–H groups in total. The normalized spacial score (nSPS) is 12.3. The number of anilines is 1. The van der Waals surface area contributed by atoms with Crippen molar-refractivity contribution in [3.8, 4) is 0 Å². The molecule has 0 saturated heterocycles. The van der Waals surface area contributed by atoms with Crippen molar-refractivity contribution in [3.05, 3.63) is 65.7 Å². The highest BCUT2D eigenvalue weighted by molar-refractivity contribution is 7.92. The number of benzene rings is 2. The number of amides is 2. The molecule has 0 aromatic heterocycles. The lowest BCUT2D eigenvalue weighted by atomic mass is 10.1. The number of halogens is 2. The Morgan fingerprint density at radius 1 is 1.03 bits per heavy atom. The highest BCUT2D eigenvalue weighted by Gasteiger charge is 2.29. The van der Waals surface area contributed by atoms with Gasteiger partial charge in [0.2, 0.25) is 21.8 Å². The number of rotatable bonds is 13. The zero-order chi connectivity index (χ0) is 26.9. The maximum Gasteiger partial charge on any atom is 0.242 e. The predicted octanol–water partition coefficient (Wildman–Crippen LogP) is 4.09. The average molecular weight is 524 g/mol. The zero-order valence-electron chi connectivity index (χ0n) is 21.2. The molecule has 0 saturated carbocycles. The van der Waals surface area contributed by atoms with E-state index < -0.39 is 27.7 Å². The second-order valence-electron chi connectivity index (χ2n) is 9.10. The van der Waals surface area contributed by atoms with Crippen LogP contribution in [0.1, 0.15) is 45.6 Å². The summed E-state index contributed by atoms with van der Waals surface area (Å²) in [5.74, 6) is -1.50. The number of hydrogen-bond acceptors (Lipinski definition) is 4. The van der Waals surface area contributed by atoms with Crippen molar-refractivity contribution in [1.29, 1.82) is 0 Å². The third-order valence-electron chi connectivity index (χ3n) is 5.61. The van der Waals surface area contributed by atoms with E-state index >= 15 is 0 Å². The number of para-hydroxylation sites is 1. The molecule has 10 heteroatoms. The largest absolute Gasteiger partial charge is 0.354 e. The molecule has 0 bridgehead atoms. The van der Waals surface area contributed by atoms with E-state index in [0.29, 0.717) is 18.5 Å². The summed E-state index contributed by atoms with van der Waals surface area (Å²) >= 11 is 0. The van der Waals surface area contributed by atoms with E-state index in [9.17, 15) is 26.8 Å². The molecule has 198 valence electrons. The minimum atomic E-state index is -3.79. The quantitative estimate of drug-likeness (QED) is 0.429. The molecule has 2 aromatic carbocycles. The molecule has 36 heavy (non-hydrogen) atoms. The fourth-order valence-corrected chi connectivity index (χ4v) is 4.73. The average Bonchev–Trinajstić information content (AvgIpc) is 2.81. The Hall–Kier alpha value is -3.01. The zero-order valence-corrected chi connectivity index (χ0v) is 22.0. The van der Waals surface area contributed by atoms with Gasteiger partial charge in [0.05, 0.1) is 11.9 Å². The Morgan fingerprint density at radius 3 is 2.22 bits per heavy atom. The molecule has 0 aliphatic carbocycles. The van der Waals surface area contributed by atoms with Crippen molar-refractivity contribution in [3.63, 3.8) is 0 Å². The Labute approximate surface area is 212 Å². The van der Waals surface area contributed by atoms with E-state index in [1.54, 1.807) is 19.1 Å². The lowest BCUT2D eigenvalue weighted by molar-refractivity contribution is -0.141. The first-order valence-electron chi connectivity index (χ1n) is 12.0. The van der Waals surface area contributed by atoms with E-state index in [-0.39, 0.29) is 49.4 Å². The van der Waals surface area contributed by atoms with Gasteiger partial charge < -0.3 is 10.2 Å². The molecule has 0 fully saturated rings. The van der Waals surface area contributed by atoms with Crippen LogP contribution in [0.15, 0.2) is 48.5 Å². The third-order valence-corrected chi connectivity index (χ3v) is 6.79. The van der Waals surface area contributed by atoms with Gasteiger partial charge in [0.15, 0.2) is 0 Å². The van der Waals surface area contributed by atoms with Gasteiger partial charge in [-0.25, -0.2) is 17.2 Å². The van der Waals surface area contributed by atoms with Crippen molar-refractivity contribution >= 4 is 27.5 Å². The molecule has 2 amide bonds. The van der Waals surface area contributed by atoms with Crippen LogP contribution in [0.3, 0.4) is 0 Å². The second-order valence-corrected chi connectivity index (χ2v) is 11.0. The van der Waals surface area contributed by atoms with Crippen molar-refractivity contribution in [2.75, 3.05) is 23.7 Å². The number of sulfonamides is 1. The molecule has 0 radical (unpaired) electrons. The van der Waals surface area contributed by atoms with Crippen LogP contribution in [0.2, 0.25) is 0 Å². The van der Waals surface area contributed by atoms with Crippen LogP contribution in [0.5, 0.6) is 0 Å². The summed E-state index contributed by atoms with van der Waals surface area (Å²) in [6.45, 7) is 6.17. The van der Waals surface area contributed by atoms with Crippen LogP contribution in [-0.2, 0) is 26.2 Å². The summed E-state index contributed by atoms with van der Waals surface area (Å²) in [4.78, 5) is 27.7. The lowest BCUT2D eigenvalue weighted by Crippen LogP contribution is -2.49. The smallest absolute Gasteiger partial charge is 0.242 e. The van der Waals surface area contributed by atoms with Crippen LogP contribution in [0, 0.1) is 17.6 Å². The highest BCUT2D eigenvalue weighted by Crippen LogP contribution is 2.22. The monoisotopic (exact) mass is 523 g/mol. The predicted molar refractivity (Wildman–Crippen MR) is 137 cm³/mol. The van der Waals surface area contributed by atoms with Gasteiger partial charge in [-0.3, -0.25) is 13.9 Å². The molecule has 0 heterocycles. The number of nitrogens with one attached hydrogen (secondary N) is 1. The maximum atomic E-state index is 14.3. The molecule has 0 unspecified atom stereocenters. The number of hydrogen-bond donors (Lipinski definition) is 1. The summed E-state index contributed by atoms with van der Waals surface area (Å²) in [5, 5.41) is 2.86. The molecule has 0 aliphatic heterocycles. The van der Waals surface area contributed by atoms with Crippen LogP contribution < -0.4 is 9.62 Å². The third kappa shape index (κ3) is 8.58. The lowest BCUT2D eigenvalue weighted by Gasteiger charge is -2.31. The summed E-state index contributed by atoms with van der Waals surface area (Å²) in [6, 6.07) is 10.5. The van der Waals surface area contributed by atoms with Crippen LogP contribution in [0.4, 0.5) is 14.5 Å². The SMILES string of the molecule is CC[C@H](C(=O)NCC(C)C)N(Cc1ccc(F)cc1)C(=O)CCCN(c1ccccc1F)S(C)(=O)=O. The Balaban J connectivity index is 2.21. The number of carbonyl (C=O) groups excluding carboxylic acids is 2. The molecule has 2 rings (SSSR count). The fourth-order valence-electron chi connectivity index (χ4n) is 3.76. The van der Waals surface area contributed by atoms with Crippen LogP contribution in [0.25, 0.3) is 0 Å². The van der Waals surface area contributed by atoms with Crippen molar-refractivity contribution < 1.29 is 26.8 Å². The van der Waals surface area contributed by atoms with Gasteiger partial charge in [-0.05, 0) is 48.6 Å². The van der Waals surface area contributed by atoms with E-state index in [0.717, 1.165) is 10.6 Å². The molecule has 0 spiro atoms. The molecular formula is C26H35F2N3O4S. The molecular weight excluding hydrogens is 488 g/mol. The van der Waals surface area contributed by atoms with E-state index in [4.69, 9.17) is 0 Å². The van der Waals surface area contributed by atoms with Gasteiger partial charge in [-0.1, -0.05) is 45.0 Å².